The third kappa shape index (κ3) is 10.4. The van der Waals surface area contributed by atoms with Crippen LogP contribution in [0.25, 0.3) is 0 Å². The zero-order valence-corrected chi connectivity index (χ0v) is 20.3. The maximum atomic E-state index is 12.9. The van der Waals surface area contributed by atoms with Crippen molar-refractivity contribution in [2.24, 2.45) is 28.1 Å². The van der Waals surface area contributed by atoms with Crippen molar-refractivity contribution >= 4 is 29.7 Å². The van der Waals surface area contributed by atoms with Crippen molar-refractivity contribution in [2.75, 3.05) is 6.54 Å². The van der Waals surface area contributed by atoms with Crippen LogP contribution < -0.4 is 33.2 Å². The SMILES string of the molecule is CCC(C)C(NC(=O)C(C)NC(=O)C(N)CCCN=C(N)N)C(=O)NC(Cc1cnc[nH]1)C(=O)O. The Bertz CT molecular complexity index is 871. The van der Waals surface area contributed by atoms with Gasteiger partial charge in [0.15, 0.2) is 5.96 Å². The number of aromatic amines is 1. The van der Waals surface area contributed by atoms with E-state index in [0.717, 1.165) is 0 Å². The minimum absolute atomic E-state index is 0.00419. The van der Waals surface area contributed by atoms with Crippen molar-refractivity contribution in [3.05, 3.63) is 18.2 Å². The molecule has 5 atom stereocenters. The molecule has 1 aromatic heterocycles. The van der Waals surface area contributed by atoms with Crippen LogP contribution in [-0.4, -0.2) is 75.4 Å². The summed E-state index contributed by atoms with van der Waals surface area (Å²) in [5.74, 6) is -3.36. The quantitative estimate of drug-likeness (QED) is 0.0756. The molecule has 196 valence electrons. The Kier molecular flexibility index (Phi) is 12.2. The van der Waals surface area contributed by atoms with E-state index < -0.39 is 47.9 Å². The Morgan fingerprint density at radius 2 is 1.80 bits per heavy atom. The van der Waals surface area contributed by atoms with Crippen LogP contribution in [0.2, 0.25) is 0 Å². The van der Waals surface area contributed by atoms with E-state index in [4.69, 9.17) is 17.2 Å². The second-order valence-corrected chi connectivity index (χ2v) is 8.34. The van der Waals surface area contributed by atoms with E-state index in [0.29, 0.717) is 31.5 Å². The molecule has 0 saturated carbocycles. The Morgan fingerprint density at radius 1 is 1.11 bits per heavy atom. The molecule has 1 heterocycles. The van der Waals surface area contributed by atoms with Gasteiger partial charge in [-0.2, -0.15) is 0 Å². The first-order valence-electron chi connectivity index (χ1n) is 11.4. The normalized spacial score (nSPS) is 15.1. The van der Waals surface area contributed by atoms with Gasteiger partial charge < -0.3 is 43.2 Å². The monoisotopic (exact) mass is 495 g/mol. The van der Waals surface area contributed by atoms with Crippen molar-refractivity contribution in [3.63, 3.8) is 0 Å². The summed E-state index contributed by atoms with van der Waals surface area (Å²) >= 11 is 0. The minimum atomic E-state index is -1.23. The van der Waals surface area contributed by atoms with Crippen LogP contribution in [0.1, 0.15) is 45.7 Å². The number of carboxylic acids is 1. The van der Waals surface area contributed by atoms with Crippen molar-refractivity contribution < 1.29 is 24.3 Å². The molecule has 35 heavy (non-hydrogen) atoms. The largest absolute Gasteiger partial charge is 0.480 e. The van der Waals surface area contributed by atoms with E-state index in [2.05, 4.69) is 30.9 Å². The summed E-state index contributed by atoms with van der Waals surface area (Å²) in [7, 11) is 0. The number of aliphatic imine (C=N–C) groups is 1. The van der Waals surface area contributed by atoms with Crippen LogP contribution in [0.15, 0.2) is 17.5 Å². The lowest BCUT2D eigenvalue weighted by atomic mass is 9.97. The van der Waals surface area contributed by atoms with E-state index in [1.165, 1.54) is 19.4 Å². The number of rotatable bonds is 15. The van der Waals surface area contributed by atoms with Crippen LogP contribution in [0, 0.1) is 5.92 Å². The van der Waals surface area contributed by atoms with Gasteiger partial charge in [-0.25, -0.2) is 9.78 Å². The van der Waals surface area contributed by atoms with Gasteiger partial charge >= 0.3 is 5.97 Å². The maximum Gasteiger partial charge on any atom is 0.326 e. The molecule has 0 bridgehead atoms. The first-order valence-corrected chi connectivity index (χ1v) is 11.4. The number of aromatic nitrogens is 2. The molecule has 0 aliphatic carbocycles. The number of nitrogens with zero attached hydrogens (tertiary/aromatic N) is 2. The van der Waals surface area contributed by atoms with Gasteiger partial charge in [-0.1, -0.05) is 20.3 Å². The molecule has 0 aliphatic rings. The van der Waals surface area contributed by atoms with Crippen LogP contribution >= 0.6 is 0 Å². The summed E-state index contributed by atoms with van der Waals surface area (Å²) < 4.78 is 0. The zero-order chi connectivity index (χ0) is 26.5. The van der Waals surface area contributed by atoms with E-state index in [-0.39, 0.29) is 18.3 Å². The third-order valence-electron chi connectivity index (χ3n) is 5.44. The molecule has 14 nitrogen and oxygen atoms in total. The molecule has 0 aliphatic heterocycles. The van der Waals surface area contributed by atoms with E-state index in [1.54, 1.807) is 6.92 Å². The first kappa shape index (κ1) is 29.4. The summed E-state index contributed by atoms with van der Waals surface area (Å²) in [6, 6.07) is -4.08. The van der Waals surface area contributed by atoms with Crippen molar-refractivity contribution in [1.29, 1.82) is 0 Å². The Hall–Kier alpha value is -3.68. The van der Waals surface area contributed by atoms with Crippen molar-refractivity contribution in [1.82, 2.24) is 25.9 Å². The van der Waals surface area contributed by atoms with Crippen LogP contribution in [0.5, 0.6) is 0 Å². The molecule has 0 fully saturated rings. The van der Waals surface area contributed by atoms with Crippen molar-refractivity contribution in [2.45, 2.75) is 70.6 Å². The van der Waals surface area contributed by atoms with E-state index in [9.17, 15) is 24.3 Å². The number of carbonyl (C=O) groups excluding carboxylic acids is 3. The molecule has 0 radical (unpaired) electrons. The van der Waals surface area contributed by atoms with E-state index >= 15 is 0 Å². The Morgan fingerprint density at radius 3 is 2.34 bits per heavy atom. The van der Waals surface area contributed by atoms with Crippen molar-refractivity contribution in [3.8, 4) is 0 Å². The fraction of sp³-hybridized carbons (Fsp3) is 0.619. The van der Waals surface area contributed by atoms with Gasteiger partial charge in [0.05, 0.1) is 12.4 Å². The summed E-state index contributed by atoms with van der Waals surface area (Å²) in [5, 5.41) is 17.1. The number of hydrogen-bond acceptors (Lipinski definition) is 7. The molecule has 0 aromatic carbocycles. The van der Waals surface area contributed by atoms with E-state index in [1.807, 2.05) is 6.92 Å². The topological polar surface area (TPSA) is 244 Å². The summed E-state index contributed by atoms with van der Waals surface area (Å²) in [5.41, 5.74) is 16.9. The zero-order valence-electron chi connectivity index (χ0n) is 20.3. The fourth-order valence-corrected chi connectivity index (χ4v) is 3.09. The fourth-order valence-electron chi connectivity index (χ4n) is 3.09. The summed E-state index contributed by atoms with van der Waals surface area (Å²) in [6.45, 7) is 5.37. The van der Waals surface area contributed by atoms with Gasteiger partial charge in [-0.05, 0) is 25.7 Å². The summed E-state index contributed by atoms with van der Waals surface area (Å²) in [6.07, 6.45) is 4.19. The number of H-pyrrole nitrogens is 1. The lowest BCUT2D eigenvalue weighted by molar-refractivity contribution is -0.142. The predicted octanol–water partition coefficient (Wildman–Crippen LogP) is -2.06. The highest BCUT2D eigenvalue weighted by Crippen LogP contribution is 2.10. The number of nitrogens with one attached hydrogen (secondary N) is 4. The molecule has 3 amide bonds. The highest BCUT2D eigenvalue weighted by Gasteiger charge is 2.31. The van der Waals surface area contributed by atoms with Crippen LogP contribution in [-0.2, 0) is 25.6 Å². The average Bonchev–Trinajstić information content (AvgIpc) is 3.31. The van der Waals surface area contributed by atoms with Gasteiger partial charge in [-0.3, -0.25) is 19.4 Å². The second kappa shape index (κ2) is 14.6. The predicted molar refractivity (Wildman–Crippen MR) is 129 cm³/mol. The number of amides is 3. The molecular formula is C21H37N9O5. The standard InChI is InChI=1S/C21H37N9O5/c1-4-11(2)16(19(33)29-15(20(34)35)8-13-9-25-10-27-13)30-17(31)12(3)28-18(32)14(22)6-5-7-26-21(23)24/h9-12,14-16H,4-8,22H2,1-3H3,(H,25,27)(H,28,32)(H,29,33)(H,30,31)(H,34,35)(H4,23,24,26). The molecule has 1 aromatic rings. The minimum Gasteiger partial charge on any atom is -0.480 e. The number of hydrogen-bond donors (Lipinski definition) is 8. The second-order valence-electron chi connectivity index (χ2n) is 8.34. The molecule has 1 rings (SSSR count). The highest BCUT2D eigenvalue weighted by molar-refractivity contribution is 5.94. The Labute approximate surface area is 203 Å². The number of carboxylic acid groups (broad SMARTS) is 1. The Balaban J connectivity index is 2.73. The number of nitrogens with two attached hydrogens (primary N) is 3. The first-order chi connectivity index (χ1) is 16.5. The van der Waals surface area contributed by atoms with Gasteiger partial charge in [0.25, 0.3) is 0 Å². The lowest BCUT2D eigenvalue weighted by Crippen LogP contribution is -2.58. The number of imidazole rings is 1. The summed E-state index contributed by atoms with van der Waals surface area (Å²) in [4.78, 5) is 60.0. The van der Waals surface area contributed by atoms with Gasteiger partial charge in [0.1, 0.15) is 18.1 Å². The van der Waals surface area contributed by atoms with Gasteiger partial charge in [0, 0.05) is 24.9 Å². The average molecular weight is 496 g/mol. The molecule has 0 spiro atoms. The molecule has 0 saturated heterocycles. The highest BCUT2D eigenvalue weighted by atomic mass is 16.4. The van der Waals surface area contributed by atoms with Gasteiger partial charge in [0.2, 0.25) is 17.7 Å². The van der Waals surface area contributed by atoms with Crippen LogP contribution in [0.3, 0.4) is 0 Å². The number of aliphatic carboxylic acids is 1. The van der Waals surface area contributed by atoms with Crippen LogP contribution in [0.4, 0.5) is 0 Å². The smallest absolute Gasteiger partial charge is 0.326 e. The molecular weight excluding hydrogens is 458 g/mol. The number of guanidine groups is 1. The molecule has 11 N–H and O–H groups in total. The molecule has 14 heteroatoms. The third-order valence-corrected chi connectivity index (χ3v) is 5.44. The number of carbonyl (C=O) groups is 4. The lowest BCUT2D eigenvalue weighted by Gasteiger charge is -2.27. The molecule has 5 unspecified atom stereocenters. The maximum absolute atomic E-state index is 12.9. The van der Waals surface area contributed by atoms with Gasteiger partial charge in [-0.15, -0.1) is 0 Å².